The minimum Gasteiger partial charge on any atom is -0.444 e. The molecule has 1 aliphatic rings. The molecule has 3 N–H and O–H groups in total. The third kappa shape index (κ3) is 6.49. The first-order valence-electron chi connectivity index (χ1n) is 8.70. The van der Waals surface area contributed by atoms with Gasteiger partial charge in [-0.3, -0.25) is 0 Å². The maximum atomic E-state index is 12.4. The fourth-order valence-corrected chi connectivity index (χ4v) is 2.55. The molecule has 24 heavy (non-hydrogen) atoms. The normalized spacial score (nSPS) is 17.2. The third-order valence-corrected chi connectivity index (χ3v) is 4.04. The largest absolute Gasteiger partial charge is 0.444 e. The van der Waals surface area contributed by atoms with Crippen molar-refractivity contribution in [1.29, 1.82) is 0 Å². The van der Waals surface area contributed by atoms with Gasteiger partial charge in [-0.1, -0.05) is 30.3 Å². The molecule has 5 nitrogen and oxygen atoms in total. The SMILES string of the molecule is CC(C)(C)OC(=O)N(CC1CC1)C[C@@H](O)C(N)Cc1ccccc1. The lowest BCUT2D eigenvalue weighted by Gasteiger charge is -2.30. The maximum Gasteiger partial charge on any atom is 0.410 e. The van der Waals surface area contributed by atoms with Crippen LogP contribution in [0.5, 0.6) is 0 Å². The molecule has 1 fully saturated rings. The Morgan fingerprint density at radius 3 is 2.50 bits per heavy atom. The van der Waals surface area contributed by atoms with E-state index in [1.807, 2.05) is 51.1 Å². The summed E-state index contributed by atoms with van der Waals surface area (Å²) in [5.41, 5.74) is 6.68. The Morgan fingerprint density at radius 1 is 1.33 bits per heavy atom. The first-order valence-corrected chi connectivity index (χ1v) is 8.70. The molecule has 1 aliphatic carbocycles. The van der Waals surface area contributed by atoms with Crippen molar-refractivity contribution in [3.8, 4) is 0 Å². The van der Waals surface area contributed by atoms with E-state index in [9.17, 15) is 9.90 Å². The molecule has 2 atom stereocenters. The van der Waals surface area contributed by atoms with Crippen LogP contribution in [0.4, 0.5) is 4.79 Å². The van der Waals surface area contributed by atoms with Gasteiger partial charge in [0.1, 0.15) is 5.60 Å². The van der Waals surface area contributed by atoms with Gasteiger partial charge in [-0.05, 0) is 51.5 Å². The van der Waals surface area contributed by atoms with E-state index in [0.29, 0.717) is 18.9 Å². The summed E-state index contributed by atoms with van der Waals surface area (Å²) in [4.78, 5) is 14.0. The number of aliphatic hydroxyl groups excluding tert-OH is 1. The van der Waals surface area contributed by atoms with Crippen molar-refractivity contribution in [2.24, 2.45) is 11.7 Å². The molecule has 1 saturated carbocycles. The molecule has 0 heterocycles. The van der Waals surface area contributed by atoms with E-state index in [-0.39, 0.29) is 12.6 Å². The molecule has 0 spiro atoms. The number of nitrogens with zero attached hydrogens (tertiary/aromatic N) is 1. The summed E-state index contributed by atoms with van der Waals surface area (Å²) in [6.45, 7) is 6.37. The molecule has 2 rings (SSSR count). The van der Waals surface area contributed by atoms with Gasteiger partial charge in [-0.2, -0.15) is 0 Å². The summed E-state index contributed by atoms with van der Waals surface area (Å²) in [5.74, 6) is 0.523. The lowest BCUT2D eigenvalue weighted by Crippen LogP contribution is -2.48. The number of nitrogens with two attached hydrogens (primary N) is 1. The number of amides is 1. The van der Waals surface area contributed by atoms with E-state index in [1.165, 1.54) is 0 Å². The highest BCUT2D eigenvalue weighted by Gasteiger charge is 2.31. The zero-order valence-electron chi connectivity index (χ0n) is 14.9. The van der Waals surface area contributed by atoms with Crippen LogP contribution in [0.25, 0.3) is 0 Å². The molecule has 134 valence electrons. The Bertz CT molecular complexity index is 523. The van der Waals surface area contributed by atoms with Crippen LogP contribution in [0.1, 0.15) is 39.2 Å². The predicted molar refractivity (Wildman–Crippen MR) is 94.7 cm³/mol. The van der Waals surface area contributed by atoms with Crippen molar-refractivity contribution in [3.05, 3.63) is 35.9 Å². The summed E-state index contributed by atoms with van der Waals surface area (Å²) in [6, 6.07) is 9.41. The summed E-state index contributed by atoms with van der Waals surface area (Å²) in [7, 11) is 0. The molecular formula is C19H30N2O3. The fourth-order valence-electron chi connectivity index (χ4n) is 2.55. The van der Waals surface area contributed by atoms with Crippen molar-refractivity contribution in [3.63, 3.8) is 0 Å². The van der Waals surface area contributed by atoms with E-state index < -0.39 is 17.7 Å². The second-order valence-electron chi connectivity index (χ2n) is 7.75. The molecule has 0 aromatic heterocycles. The molecular weight excluding hydrogens is 304 g/mol. The number of benzene rings is 1. The molecule has 0 aliphatic heterocycles. The van der Waals surface area contributed by atoms with Gasteiger partial charge >= 0.3 is 6.09 Å². The van der Waals surface area contributed by atoms with Crippen LogP contribution in [-0.2, 0) is 11.2 Å². The van der Waals surface area contributed by atoms with Gasteiger partial charge in [0, 0.05) is 12.6 Å². The monoisotopic (exact) mass is 334 g/mol. The smallest absolute Gasteiger partial charge is 0.410 e. The number of hydrogen-bond acceptors (Lipinski definition) is 4. The summed E-state index contributed by atoms with van der Waals surface area (Å²) in [6.07, 6.45) is 1.68. The third-order valence-electron chi connectivity index (χ3n) is 4.04. The van der Waals surface area contributed by atoms with Crippen LogP contribution >= 0.6 is 0 Å². The van der Waals surface area contributed by atoms with E-state index >= 15 is 0 Å². The average Bonchev–Trinajstić information content (AvgIpc) is 3.29. The van der Waals surface area contributed by atoms with E-state index in [4.69, 9.17) is 10.5 Å². The van der Waals surface area contributed by atoms with Crippen LogP contribution in [0.15, 0.2) is 30.3 Å². The fraction of sp³-hybridized carbons (Fsp3) is 0.632. The van der Waals surface area contributed by atoms with Crippen molar-refractivity contribution in [1.82, 2.24) is 4.90 Å². The van der Waals surface area contributed by atoms with E-state index in [0.717, 1.165) is 18.4 Å². The maximum absolute atomic E-state index is 12.4. The molecule has 1 aromatic carbocycles. The molecule has 1 amide bonds. The number of carbonyl (C=O) groups excluding carboxylic acids is 1. The minimum atomic E-state index is -0.781. The Kier molecular flexibility index (Phi) is 6.24. The van der Waals surface area contributed by atoms with Crippen LogP contribution in [-0.4, -0.2) is 46.9 Å². The van der Waals surface area contributed by atoms with Gasteiger partial charge in [-0.15, -0.1) is 0 Å². The first kappa shape index (κ1) is 18.7. The van der Waals surface area contributed by atoms with E-state index in [1.54, 1.807) is 4.90 Å². The van der Waals surface area contributed by atoms with Crippen LogP contribution in [0.3, 0.4) is 0 Å². The highest BCUT2D eigenvalue weighted by atomic mass is 16.6. The standard InChI is InChI=1S/C19H30N2O3/c1-19(2,3)24-18(23)21(12-15-9-10-15)13-17(22)16(20)11-14-7-5-4-6-8-14/h4-8,15-17,22H,9-13,20H2,1-3H3/t16?,17-/m1/s1. The van der Waals surface area contributed by atoms with Crippen molar-refractivity contribution >= 4 is 6.09 Å². The Balaban J connectivity index is 1.92. The summed E-state index contributed by atoms with van der Waals surface area (Å²) in [5, 5.41) is 10.5. The molecule has 1 unspecified atom stereocenters. The van der Waals surface area contributed by atoms with Crippen LogP contribution < -0.4 is 5.73 Å². The highest BCUT2D eigenvalue weighted by Crippen LogP contribution is 2.30. The second kappa shape index (κ2) is 7.99. The highest BCUT2D eigenvalue weighted by molar-refractivity contribution is 5.68. The van der Waals surface area contributed by atoms with Gasteiger partial charge in [-0.25, -0.2) is 4.79 Å². The molecule has 0 radical (unpaired) electrons. The van der Waals surface area contributed by atoms with Gasteiger partial charge in [0.05, 0.1) is 12.6 Å². The molecule has 0 bridgehead atoms. The number of carbonyl (C=O) groups is 1. The van der Waals surface area contributed by atoms with Gasteiger partial charge in [0.2, 0.25) is 0 Å². The van der Waals surface area contributed by atoms with Gasteiger partial charge in [0.25, 0.3) is 0 Å². The molecule has 1 aromatic rings. The zero-order valence-corrected chi connectivity index (χ0v) is 14.9. The minimum absolute atomic E-state index is 0.208. The Labute approximate surface area is 144 Å². The zero-order chi connectivity index (χ0) is 17.7. The van der Waals surface area contributed by atoms with Crippen LogP contribution in [0, 0.1) is 5.92 Å². The predicted octanol–water partition coefficient (Wildman–Crippen LogP) is 2.56. The van der Waals surface area contributed by atoms with Crippen molar-refractivity contribution in [2.75, 3.05) is 13.1 Å². The summed E-state index contributed by atoms with van der Waals surface area (Å²) >= 11 is 0. The average molecular weight is 334 g/mol. The summed E-state index contributed by atoms with van der Waals surface area (Å²) < 4.78 is 5.46. The Hall–Kier alpha value is -1.59. The molecule has 0 saturated heterocycles. The van der Waals surface area contributed by atoms with Crippen molar-refractivity contribution in [2.45, 2.75) is 57.8 Å². The van der Waals surface area contributed by atoms with Gasteiger partial charge < -0.3 is 20.5 Å². The quantitative estimate of drug-likeness (QED) is 0.803. The second-order valence-corrected chi connectivity index (χ2v) is 7.75. The number of aliphatic hydroxyl groups is 1. The first-order chi connectivity index (χ1) is 11.2. The van der Waals surface area contributed by atoms with Crippen molar-refractivity contribution < 1.29 is 14.6 Å². The number of rotatable bonds is 7. The molecule has 5 heteroatoms. The van der Waals surface area contributed by atoms with Crippen LogP contribution in [0.2, 0.25) is 0 Å². The number of hydrogen-bond donors (Lipinski definition) is 2. The van der Waals surface area contributed by atoms with Gasteiger partial charge in [0.15, 0.2) is 0 Å². The lowest BCUT2D eigenvalue weighted by atomic mass is 10.0. The Morgan fingerprint density at radius 2 is 1.96 bits per heavy atom. The lowest BCUT2D eigenvalue weighted by molar-refractivity contribution is 0.0109. The number of ether oxygens (including phenoxy) is 1. The van der Waals surface area contributed by atoms with E-state index in [2.05, 4.69) is 0 Å². The topological polar surface area (TPSA) is 75.8 Å².